The average molecular weight is 427 g/mol. The van der Waals surface area contributed by atoms with Crippen molar-refractivity contribution in [3.8, 4) is 0 Å². The lowest BCUT2D eigenvalue weighted by atomic mass is 9.79. The molecule has 1 heterocycles. The molecule has 0 spiro atoms. The Bertz CT molecular complexity index is 585. The molecule has 172 valence electrons. The largest absolute Gasteiger partial charge is 0.495 e. The summed E-state index contributed by atoms with van der Waals surface area (Å²) < 4.78 is 46.7. The zero-order valence-electron chi connectivity index (χ0n) is 18.9. The molecule has 0 amide bonds. The maximum atomic E-state index is 14.7. The van der Waals surface area contributed by atoms with Gasteiger partial charge >= 0.3 is 0 Å². The van der Waals surface area contributed by atoms with Crippen molar-refractivity contribution in [2.75, 3.05) is 19.8 Å². The van der Waals surface area contributed by atoms with Crippen molar-refractivity contribution in [3.05, 3.63) is 23.0 Å². The lowest BCUT2D eigenvalue weighted by molar-refractivity contribution is -0.0655. The van der Waals surface area contributed by atoms with Crippen molar-refractivity contribution in [2.24, 2.45) is 11.8 Å². The smallest absolute Gasteiger partial charge is 0.196 e. The quantitative estimate of drug-likeness (QED) is 0.347. The van der Waals surface area contributed by atoms with Crippen LogP contribution in [0.2, 0.25) is 0 Å². The van der Waals surface area contributed by atoms with Crippen LogP contribution in [0.25, 0.3) is 0 Å². The van der Waals surface area contributed by atoms with E-state index >= 15 is 0 Å². The molecule has 2 unspecified atom stereocenters. The zero-order chi connectivity index (χ0) is 21.3. The Hall–Kier alpha value is -0.940. The number of unbranched alkanes of at least 4 members (excludes halogenated alkanes) is 1. The molecule has 3 aliphatic rings. The molecule has 0 aromatic rings. The summed E-state index contributed by atoms with van der Waals surface area (Å²) in [6.45, 7) is 6.30. The molecule has 30 heavy (non-hydrogen) atoms. The fraction of sp³-hybridized carbons (Fsp3) is 0.840. The highest BCUT2D eigenvalue weighted by molar-refractivity contribution is 5.33. The van der Waals surface area contributed by atoms with Gasteiger partial charge in [0, 0.05) is 12.3 Å². The molecule has 0 N–H and O–H groups in total. The second-order valence-corrected chi connectivity index (χ2v) is 9.27. The van der Waals surface area contributed by atoms with Gasteiger partial charge in [0.15, 0.2) is 11.7 Å². The van der Waals surface area contributed by atoms with Gasteiger partial charge in [-0.15, -0.1) is 0 Å². The monoisotopic (exact) mass is 426 g/mol. The third kappa shape index (κ3) is 6.53. The Morgan fingerprint density at radius 2 is 1.73 bits per heavy atom. The molecule has 0 aromatic heterocycles. The molecule has 3 nitrogen and oxygen atoms in total. The summed E-state index contributed by atoms with van der Waals surface area (Å²) >= 11 is 0. The Morgan fingerprint density at radius 1 is 0.933 bits per heavy atom. The van der Waals surface area contributed by atoms with Gasteiger partial charge in [-0.1, -0.05) is 26.7 Å². The van der Waals surface area contributed by atoms with E-state index in [-0.39, 0.29) is 17.8 Å². The van der Waals surface area contributed by atoms with Gasteiger partial charge in [0.1, 0.15) is 5.76 Å². The van der Waals surface area contributed by atoms with E-state index in [0.29, 0.717) is 37.0 Å². The van der Waals surface area contributed by atoms with Crippen LogP contribution in [0, 0.1) is 11.8 Å². The standard InChI is InChI=1S/C25H40F2O3/c1-3-5-15-28-23-14-13-22(24(26)25(23)27)19-8-11-21(12-9-19)30-17-18-7-10-20(6-4-2)29-16-18/h18-21H,3-17H2,1-2H3. The van der Waals surface area contributed by atoms with Crippen LogP contribution < -0.4 is 0 Å². The van der Waals surface area contributed by atoms with Crippen LogP contribution in [0.4, 0.5) is 8.78 Å². The van der Waals surface area contributed by atoms with Crippen molar-refractivity contribution in [2.45, 2.75) is 103 Å². The molecule has 2 aliphatic carbocycles. The minimum atomic E-state index is -0.760. The molecule has 1 saturated heterocycles. The van der Waals surface area contributed by atoms with E-state index in [2.05, 4.69) is 13.8 Å². The predicted octanol–water partition coefficient (Wildman–Crippen LogP) is 7.17. The number of hydrogen-bond donors (Lipinski definition) is 0. The van der Waals surface area contributed by atoms with Crippen molar-refractivity contribution in [1.82, 2.24) is 0 Å². The lowest BCUT2D eigenvalue weighted by Gasteiger charge is -2.34. The van der Waals surface area contributed by atoms with Crippen LogP contribution in [0.1, 0.15) is 90.9 Å². The Kier molecular flexibility index (Phi) is 9.64. The second-order valence-electron chi connectivity index (χ2n) is 9.27. The van der Waals surface area contributed by atoms with Crippen LogP contribution in [-0.4, -0.2) is 32.0 Å². The maximum absolute atomic E-state index is 14.7. The first-order valence-electron chi connectivity index (χ1n) is 12.3. The summed E-state index contributed by atoms with van der Waals surface area (Å²) in [4.78, 5) is 0. The van der Waals surface area contributed by atoms with Gasteiger partial charge in [-0.3, -0.25) is 0 Å². The van der Waals surface area contributed by atoms with Gasteiger partial charge in [-0.05, 0) is 69.3 Å². The first-order chi connectivity index (χ1) is 14.6. The SMILES string of the molecule is CCCCOC1=C(F)C(F)=C(C2CCC(OCC3CCC(CCC)OC3)CC2)CC1. The van der Waals surface area contributed by atoms with E-state index in [4.69, 9.17) is 14.2 Å². The third-order valence-electron chi connectivity index (χ3n) is 6.92. The molecule has 2 atom stereocenters. The van der Waals surface area contributed by atoms with Gasteiger partial charge in [-0.25, -0.2) is 8.78 Å². The number of hydrogen-bond acceptors (Lipinski definition) is 3. The summed E-state index contributed by atoms with van der Waals surface area (Å²) in [5, 5.41) is 0. The van der Waals surface area contributed by atoms with Crippen LogP contribution in [0.3, 0.4) is 0 Å². The summed E-state index contributed by atoms with van der Waals surface area (Å²) in [6, 6.07) is 0. The van der Waals surface area contributed by atoms with E-state index < -0.39 is 11.7 Å². The molecule has 5 heteroatoms. The fourth-order valence-corrected chi connectivity index (χ4v) is 4.98. The Labute approximate surface area is 181 Å². The summed E-state index contributed by atoms with van der Waals surface area (Å²) in [5.41, 5.74) is 0.663. The molecule has 0 aromatic carbocycles. The molecule has 1 aliphatic heterocycles. The normalized spacial score (nSPS) is 30.7. The van der Waals surface area contributed by atoms with E-state index in [0.717, 1.165) is 64.6 Å². The minimum Gasteiger partial charge on any atom is -0.495 e. The third-order valence-corrected chi connectivity index (χ3v) is 6.92. The van der Waals surface area contributed by atoms with Gasteiger partial charge < -0.3 is 14.2 Å². The molecule has 2 fully saturated rings. The highest BCUT2D eigenvalue weighted by Crippen LogP contribution is 2.42. The van der Waals surface area contributed by atoms with E-state index in [9.17, 15) is 8.78 Å². The summed E-state index contributed by atoms with van der Waals surface area (Å²) in [5.74, 6) is -0.569. The maximum Gasteiger partial charge on any atom is 0.196 e. The van der Waals surface area contributed by atoms with Crippen molar-refractivity contribution in [1.29, 1.82) is 0 Å². The average Bonchev–Trinajstić information content (AvgIpc) is 2.77. The molecular weight excluding hydrogens is 386 g/mol. The van der Waals surface area contributed by atoms with E-state index in [1.54, 1.807) is 0 Å². The van der Waals surface area contributed by atoms with Crippen LogP contribution in [0.5, 0.6) is 0 Å². The first-order valence-corrected chi connectivity index (χ1v) is 12.3. The number of allylic oxidation sites excluding steroid dienone is 4. The van der Waals surface area contributed by atoms with Gasteiger partial charge in [0.05, 0.1) is 32.0 Å². The number of rotatable bonds is 10. The van der Waals surface area contributed by atoms with Crippen molar-refractivity contribution < 1.29 is 23.0 Å². The molecule has 3 rings (SSSR count). The first kappa shape index (κ1) is 23.7. The molecule has 0 radical (unpaired) electrons. The molecular formula is C25H40F2O3. The van der Waals surface area contributed by atoms with Crippen molar-refractivity contribution in [3.63, 3.8) is 0 Å². The molecule has 1 saturated carbocycles. The second kappa shape index (κ2) is 12.2. The van der Waals surface area contributed by atoms with E-state index in [1.807, 2.05) is 0 Å². The number of ether oxygens (including phenoxy) is 3. The van der Waals surface area contributed by atoms with Gasteiger partial charge in [0.2, 0.25) is 0 Å². The summed E-state index contributed by atoms with van der Waals surface area (Å²) in [6.07, 6.45) is 11.9. The predicted molar refractivity (Wildman–Crippen MR) is 115 cm³/mol. The zero-order valence-corrected chi connectivity index (χ0v) is 18.9. The Morgan fingerprint density at radius 3 is 2.40 bits per heavy atom. The summed E-state index contributed by atoms with van der Waals surface area (Å²) in [7, 11) is 0. The highest BCUT2D eigenvalue weighted by atomic mass is 19.2. The van der Waals surface area contributed by atoms with Crippen LogP contribution >= 0.6 is 0 Å². The van der Waals surface area contributed by atoms with Gasteiger partial charge in [-0.2, -0.15) is 0 Å². The highest BCUT2D eigenvalue weighted by Gasteiger charge is 2.32. The van der Waals surface area contributed by atoms with Crippen LogP contribution in [-0.2, 0) is 14.2 Å². The Balaban J connectivity index is 1.41. The topological polar surface area (TPSA) is 27.7 Å². The van der Waals surface area contributed by atoms with Crippen molar-refractivity contribution >= 4 is 0 Å². The van der Waals surface area contributed by atoms with Gasteiger partial charge in [0.25, 0.3) is 0 Å². The van der Waals surface area contributed by atoms with Crippen LogP contribution in [0.15, 0.2) is 23.0 Å². The lowest BCUT2D eigenvalue weighted by Crippen LogP contribution is -2.31. The number of halogens is 2. The minimum absolute atomic E-state index is 0.139. The van der Waals surface area contributed by atoms with E-state index in [1.165, 1.54) is 12.8 Å². The fourth-order valence-electron chi connectivity index (χ4n) is 4.98. The molecule has 0 bridgehead atoms.